The smallest absolute Gasteiger partial charge is 0.257 e. The topological polar surface area (TPSA) is 46.3 Å². The van der Waals surface area contributed by atoms with Crippen LogP contribution < -0.4 is 5.73 Å². The number of halogens is 2. The summed E-state index contributed by atoms with van der Waals surface area (Å²) < 4.78 is 26.5. The van der Waals surface area contributed by atoms with Gasteiger partial charge in [0.15, 0.2) is 0 Å². The van der Waals surface area contributed by atoms with Gasteiger partial charge in [-0.15, -0.1) is 0 Å². The van der Waals surface area contributed by atoms with Crippen molar-refractivity contribution < 1.29 is 13.6 Å². The fourth-order valence-corrected chi connectivity index (χ4v) is 2.16. The van der Waals surface area contributed by atoms with Gasteiger partial charge in [-0.25, -0.2) is 8.78 Å². The number of nitrogens with zero attached hydrogens (tertiary/aromatic N) is 1. The van der Waals surface area contributed by atoms with Crippen molar-refractivity contribution in [2.24, 2.45) is 5.73 Å². The highest BCUT2D eigenvalue weighted by Gasteiger charge is 2.29. The SMILES string of the molecule is NCC1CCCN1C(=O)c1cc(F)ccc1F. The summed E-state index contributed by atoms with van der Waals surface area (Å²) in [4.78, 5) is 13.6. The molecule has 1 saturated heterocycles. The summed E-state index contributed by atoms with van der Waals surface area (Å²) in [5.74, 6) is -1.78. The van der Waals surface area contributed by atoms with Gasteiger partial charge in [-0.05, 0) is 31.0 Å². The van der Waals surface area contributed by atoms with E-state index in [2.05, 4.69) is 0 Å². The Hall–Kier alpha value is -1.49. The van der Waals surface area contributed by atoms with Crippen LogP contribution in [0.4, 0.5) is 8.78 Å². The van der Waals surface area contributed by atoms with Gasteiger partial charge in [0, 0.05) is 19.1 Å². The number of amides is 1. The summed E-state index contributed by atoms with van der Waals surface area (Å²) in [6.07, 6.45) is 1.67. The minimum atomic E-state index is -0.695. The van der Waals surface area contributed by atoms with Crippen molar-refractivity contribution in [2.45, 2.75) is 18.9 Å². The molecule has 1 atom stereocenters. The normalized spacial score (nSPS) is 19.7. The largest absolute Gasteiger partial charge is 0.334 e. The van der Waals surface area contributed by atoms with Crippen LogP contribution in [0.3, 0.4) is 0 Å². The van der Waals surface area contributed by atoms with E-state index in [1.54, 1.807) is 0 Å². The Morgan fingerprint density at radius 3 is 2.94 bits per heavy atom. The molecule has 1 aromatic carbocycles. The quantitative estimate of drug-likeness (QED) is 0.852. The molecule has 5 heteroatoms. The van der Waals surface area contributed by atoms with Crippen molar-refractivity contribution >= 4 is 5.91 Å². The first kappa shape index (κ1) is 12.0. The van der Waals surface area contributed by atoms with Gasteiger partial charge in [0.2, 0.25) is 0 Å². The molecule has 1 aliphatic heterocycles. The second-order valence-electron chi connectivity index (χ2n) is 4.15. The zero-order valence-corrected chi connectivity index (χ0v) is 9.33. The summed E-state index contributed by atoms with van der Waals surface area (Å²) in [5, 5.41) is 0. The predicted octanol–water partition coefficient (Wildman–Crippen LogP) is 1.53. The lowest BCUT2D eigenvalue weighted by Gasteiger charge is -2.23. The van der Waals surface area contributed by atoms with Crippen LogP contribution in [0.5, 0.6) is 0 Å². The van der Waals surface area contributed by atoms with E-state index in [0.717, 1.165) is 31.0 Å². The van der Waals surface area contributed by atoms with E-state index in [1.807, 2.05) is 0 Å². The highest BCUT2D eigenvalue weighted by atomic mass is 19.1. The van der Waals surface area contributed by atoms with Crippen LogP contribution in [0, 0.1) is 11.6 Å². The molecule has 0 spiro atoms. The van der Waals surface area contributed by atoms with E-state index >= 15 is 0 Å². The maximum absolute atomic E-state index is 13.5. The molecular weight excluding hydrogens is 226 g/mol. The van der Waals surface area contributed by atoms with Crippen LogP contribution in [-0.4, -0.2) is 29.9 Å². The van der Waals surface area contributed by atoms with Crippen molar-refractivity contribution in [3.8, 4) is 0 Å². The highest BCUT2D eigenvalue weighted by Crippen LogP contribution is 2.21. The Morgan fingerprint density at radius 2 is 2.24 bits per heavy atom. The van der Waals surface area contributed by atoms with E-state index in [0.29, 0.717) is 13.1 Å². The van der Waals surface area contributed by atoms with Crippen molar-refractivity contribution in [1.29, 1.82) is 0 Å². The predicted molar refractivity (Wildman–Crippen MR) is 59.5 cm³/mol. The maximum atomic E-state index is 13.5. The minimum Gasteiger partial charge on any atom is -0.334 e. The number of rotatable bonds is 2. The van der Waals surface area contributed by atoms with Crippen LogP contribution in [0.1, 0.15) is 23.2 Å². The summed E-state index contributed by atoms with van der Waals surface area (Å²) in [6.45, 7) is 0.902. The number of carbonyl (C=O) groups is 1. The molecule has 92 valence electrons. The number of carbonyl (C=O) groups excluding carboxylic acids is 1. The van der Waals surface area contributed by atoms with E-state index in [1.165, 1.54) is 4.90 Å². The lowest BCUT2D eigenvalue weighted by molar-refractivity contribution is 0.0736. The highest BCUT2D eigenvalue weighted by molar-refractivity contribution is 5.94. The van der Waals surface area contributed by atoms with E-state index < -0.39 is 17.5 Å². The molecule has 3 nitrogen and oxygen atoms in total. The minimum absolute atomic E-state index is 0.0647. The van der Waals surface area contributed by atoms with Gasteiger partial charge in [0.25, 0.3) is 5.91 Å². The lowest BCUT2D eigenvalue weighted by Crippen LogP contribution is -2.40. The first-order valence-electron chi connectivity index (χ1n) is 5.59. The third-order valence-corrected chi connectivity index (χ3v) is 3.07. The monoisotopic (exact) mass is 240 g/mol. The van der Waals surface area contributed by atoms with Crippen LogP contribution in [-0.2, 0) is 0 Å². The molecule has 2 N–H and O–H groups in total. The molecule has 1 aromatic rings. The Bertz CT molecular complexity index is 437. The molecule has 0 aliphatic carbocycles. The average Bonchev–Trinajstić information content (AvgIpc) is 2.79. The van der Waals surface area contributed by atoms with Crippen molar-refractivity contribution in [3.05, 3.63) is 35.4 Å². The maximum Gasteiger partial charge on any atom is 0.257 e. The van der Waals surface area contributed by atoms with Gasteiger partial charge in [-0.1, -0.05) is 0 Å². The lowest BCUT2D eigenvalue weighted by atomic mass is 10.1. The summed E-state index contributed by atoms with van der Waals surface area (Å²) in [6, 6.07) is 2.83. The molecule has 1 unspecified atom stereocenters. The first-order chi connectivity index (χ1) is 8.13. The Labute approximate surface area is 98.2 Å². The van der Waals surface area contributed by atoms with Gasteiger partial charge < -0.3 is 10.6 Å². The van der Waals surface area contributed by atoms with Gasteiger partial charge >= 0.3 is 0 Å². The number of nitrogens with two attached hydrogens (primary N) is 1. The molecule has 0 bridgehead atoms. The van der Waals surface area contributed by atoms with Gasteiger partial charge in [-0.2, -0.15) is 0 Å². The first-order valence-corrected chi connectivity index (χ1v) is 5.59. The van der Waals surface area contributed by atoms with Crippen LogP contribution in [0.25, 0.3) is 0 Å². The number of hydrogen-bond donors (Lipinski definition) is 1. The third kappa shape index (κ3) is 2.29. The molecular formula is C12H14F2N2O. The van der Waals surface area contributed by atoms with Crippen molar-refractivity contribution in [1.82, 2.24) is 4.90 Å². The molecule has 1 aliphatic rings. The van der Waals surface area contributed by atoms with E-state index in [4.69, 9.17) is 5.73 Å². The Kier molecular flexibility index (Phi) is 3.38. The fourth-order valence-electron chi connectivity index (χ4n) is 2.16. The van der Waals surface area contributed by atoms with Gasteiger partial charge in [0.1, 0.15) is 11.6 Å². The summed E-state index contributed by atoms with van der Waals surface area (Å²) in [7, 11) is 0. The number of benzene rings is 1. The zero-order chi connectivity index (χ0) is 12.4. The number of likely N-dealkylation sites (tertiary alicyclic amines) is 1. The number of hydrogen-bond acceptors (Lipinski definition) is 2. The molecule has 17 heavy (non-hydrogen) atoms. The van der Waals surface area contributed by atoms with Crippen LogP contribution in [0.15, 0.2) is 18.2 Å². The van der Waals surface area contributed by atoms with Crippen LogP contribution in [0.2, 0.25) is 0 Å². The van der Waals surface area contributed by atoms with Gasteiger partial charge in [0.05, 0.1) is 5.56 Å². The summed E-state index contributed by atoms with van der Waals surface area (Å²) >= 11 is 0. The molecule has 1 amide bonds. The Morgan fingerprint density at radius 1 is 1.47 bits per heavy atom. The Balaban J connectivity index is 2.27. The second-order valence-corrected chi connectivity index (χ2v) is 4.15. The van der Waals surface area contributed by atoms with E-state index in [-0.39, 0.29) is 11.6 Å². The third-order valence-electron chi connectivity index (χ3n) is 3.07. The zero-order valence-electron chi connectivity index (χ0n) is 9.33. The molecule has 1 heterocycles. The fraction of sp³-hybridized carbons (Fsp3) is 0.417. The second kappa shape index (κ2) is 4.79. The summed E-state index contributed by atoms with van der Waals surface area (Å²) in [5.41, 5.74) is 5.33. The molecule has 1 fully saturated rings. The van der Waals surface area contributed by atoms with Crippen molar-refractivity contribution in [2.75, 3.05) is 13.1 Å². The van der Waals surface area contributed by atoms with Gasteiger partial charge in [-0.3, -0.25) is 4.79 Å². The molecule has 0 aromatic heterocycles. The van der Waals surface area contributed by atoms with Crippen LogP contribution >= 0.6 is 0 Å². The standard InChI is InChI=1S/C12H14F2N2O/c13-8-3-4-11(14)10(6-8)12(17)16-5-1-2-9(16)7-15/h3-4,6,9H,1-2,5,7,15H2. The molecule has 0 radical (unpaired) electrons. The average molecular weight is 240 g/mol. The van der Waals surface area contributed by atoms with E-state index in [9.17, 15) is 13.6 Å². The molecule has 2 rings (SSSR count). The van der Waals surface area contributed by atoms with Crippen molar-refractivity contribution in [3.63, 3.8) is 0 Å². The molecule has 0 saturated carbocycles.